The molecule has 1 N–H and O–H groups in total. The van der Waals surface area contributed by atoms with E-state index in [1.807, 2.05) is 0 Å². The van der Waals surface area contributed by atoms with Crippen LogP contribution in [-0.4, -0.2) is 0 Å². The molecular weight excluding hydrogens is 242 g/mol. The zero-order chi connectivity index (χ0) is 14.5. The molecule has 20 heavy (non-hydrogen) atoms. The summed E-state index contributed by atoms with van der Waals surface area (Å²) >= 11 is 0. The Labute approximate surface area is 123 Å². The number of hydrogen-bond donors (Lipinski definition) is 1. The summed E-state index contributed by atoms with van der Waals surface area (Å²) in [6.45, 7) is 8.87. The predicted octanol–water partition coefficient (Wildman–Crippen LogP) is 5.37. The molecule has 2 aromatic rings. The van der Waals surface area contributed by atoms with Crippen LogP contribution < -0.4 is 5.32 Å². The molecule has 1 heteroatoms. The first kappa shape index (κ1) is 14.6. The van der Waals surface area contributed by atoms with Crippen LogP contribution in [-0.2, 0) is 6.42 Å². The molecule has 0 saturated carbocycles. The van der Waals surface area contributed by atoms with Crippen molar-refractivity contribution in [2.75, 3.05) is 5.32 Å². The van der Waals surface area contributed by atoms with Crippen LogP contribution in [0, 0.1) is 12.8 Å². The Morgan fingerprint density at radius 3 is 2.15 bits per heavy atom. The highest BCUT2D eigenvalue weighted by atomic mass is 14.9. The monoisotopic (exact) mass is 267 g/mol. The van der Waals surface area contributed by atoms with Gasteiger partial charge in [-0.3, -0.25) is 0 Å². The topological polar surface area (TPSA) is 12.0 Å². The van der Waals surface area contributed by atoms with Crippen molar-refractivity contribution in [3.8, 4) is 0 Å². The molecule has 2 rings (SSSR count). The Balaban J connectivity index is 2.06. The second kappa shape index (κ2) is 6.60. The van der Waals surface area contributed by atoms with Crippen LogP contribution in [0.2, 0.25) is 0 Å². The maximum Gasteiger partial charge on any atom is 0.0485 e. The molecule has 0 aliphatic carbocycles. The first-order chi connectivity index (χ1) is 9.56. The Hall–Kier alpha value is -1.76. The normalized spacial score (nSPS) is 12.4. The summed E-state index contributed by atoms with van der Waals surface area (Å²) < 4.78 is 0. The van der Waals surface area contributed by atoms with Gasteiger partial charge >= 0.3 is 0 Å². The summed E-state index contributed by atoms with van der Waals surface area (Å²) in [4.78, 5) is 0. The third kappa shape index (κ3) is 3.86. The van der Waals surface area contributed by atoms with Crippen LogP contribution in [0.15, 0.2) is 48.5 Å². The maximum absolute atomic E-state index is 3.59. The average Bonchev–Trinajstić information content (AvgIpc) is 2.41. The van der Waals surface area contributed by atoms with E-state index < -0.39 is 0 Å². The van der Waals surface area contributed by atoms with E-state index in [0.29, 0.717) is 12.0 Å². The predicted molar refractivity (Wildman–Crippen MR) is 88.2 cm³/mol. The lowest BCUT2D eigenvalue weighted by molar-refractivity contribution is 0.647. The van der Waals surface area contributed by atoms with Gasteiger partial charge in [0, 0.05) is 11.7 Å². The third-order valence-electron chi connectivity index (χ3n) is 3.64. The molecule has 0 fully saturated rings. The molecule has 1 atom stereocenters. The largest absolute Gasteiger partial charge is 0.378 e. The minimum Gasteiger partial charge on any atom is -0.378 e. The fraction of sp³-hybridized carbons (Fsp3) is 0.368. The summed E-state index contributed by atoms with van der Waals surface area (Å²) in [7, 11) is 0. The number of rotatable bonds is 5. The lowest BCUT2D eigenvalue weighted by Gasteiger charge is -2.18. The summed E-state index contributed by atoms with van der Waals surface area (Å²) in [5.74, 6) is 0.711. The number of para-hydroxylation sites is 1. The average molecular weight is 267 g/mol. The molecule has 0 heterocycles. The SMILES string of the molecule is Cc1ccccc1NC(C)c1ccc(CC(C)C)cc1. The molecule has 106 valence electrons. The molecule has 0 aliphatic rings. The van der Waals surface area contributed by atoms with Crippen LogP contribution in [0.5, 0.6) is 0 Å². The summed E-state index contributed by atoms with van der Waals surface area (Å²) in [5.41, 5.74) is 5.26. The van der Waals surface area contributed by atoms with Crippen LogP contribution in [0.3, 0.4) is 0 Å². The van der Waals surface area contributed by atoms with E-state index in [1.165, 1.54) is 22.4 Å². The van der Waals surface area contributed by atoms with Gasteiger partial charge in [0.15, 0.2) is 0 Å². The van der Waals surface area contributed by atoms with Gasteiger partial charge in [-0.05, 0) is 48.9 Å². The van der Waals surface area contributed by atoms with Crippen LogP contribution >= 0.6 is 0 Å². The fourth-order valence-electron chi connectivity index (χ4n) is 2.47. The molecule has 1 unspecified atom stereocenters. The van der Waals surface area contributed by atoms with Gasteiger partial charge in [0.25, 0.3) is 0 Å². The Kier molecular flexibility index (Phi) is 4.84. The van der Waals surface area contributed by atoms with Gasteiger partial charge in [-0.25, -0.2) is 0 Å². The zero-order valence-corrected chi connectivity index (χ0v) is 13.0. The molecule has 2 aromatic carbocycles. The Bertz CT molecular complexity index is 540. The fourth-order valence-corrected chi connectivity index (χ4v) is 2.47. The summed E-state index contributed by atoms with van der Waals surface area (Å²) in [6, 6.07) is 17.8. The van der Waals surface area contributed by atoms with E-state index in [1.54, 1.807) is 0 Å². The van der Waals surface area contributed by atoms with E-state index >= 15 is 0 Å². The van der Waals surface area contributed by atoms with Crippen molar-refractivity contribution in [2.45, 2.75) is 40.2 Å². The number of benzene rings is 2. The van der Waals surface area contributed by atoms with Gasteiger partial charge in [-0.15, -0.1) is 0 Å². The molecule has 0 bridgehead atoms. The second-order valence-corrected chi connectivity index (χ2v) is 6.02. The highest BCUT2D eigenvalue weighted by Crippen LogP contribution is 2.22. The molecule has 0 saturated heterocycles. The smallest absolute Gasteiger partial charge is 0.0485 e. The van der Waals surface area contributed by atoms with Gasteiger partial charge in [0.2, 0.25) is 0 Å². The van der Waals surface area contributed by atoms with E-state index in [2.05, 4.69) is 81.5 Å². The van der Waals surface area contributed by atoms with E-state index in [0.717, 1.165) is 6.42 Å². The third-order valence-corrected chi connectivity index (χ3v) is 3.64. The van der Waals surface area contributed by atoms with Gasteiger partial charge in [0.1, 0.15) is 0 Å². The van der Waals surface area contributed by atoms with Crippen molar-refractivity contribution >= 4 is 5.69 Å². The molecular formula is C19H25N. The van der Waals surface area contributed by atoms with E-state index in [9.17, 15) is 0 Å². The van der Waals surface area contributed by atoms with Gasteiger partial charge < -0.3 is 5.32 Å². The summed E-state index contributed by atoms with van der Waals surface area (Å²) in [6.07, 6.45) is 1.15. The standard InChI is InChI=1S/C19H25N/c1-14(2)13-17-9-11-18(12-10-17)16(4)20-19-8-6-5-7-15(19)3/h5-12,14,16,20H,13H2,1-4H3. The van der Waals surface area contributed by atoms with Gasteiger partial charge in [-0.2, -0.15) is 0 Å². The van der Waals surface area contributed by atoms with Gasteiger partial charge in [-0.1, -0.05) is 56.3 Å². The zero-order valence-electron chi connectivity index (χ0n) is 13.0. The van der Waals surface area contributed by atoms with E-state index in [-0.39, 0.29) is 0 Å². The molecule has 0 aromatic heterocycles. The molecule has 0 spiro atoms. The second-order valence-electron chi connectivity index (χ2n) is 6.02. The minimum atomic E-state index is 0.323. The van der Waals surface area contributed by atoms with Crippen molar-refractivity contribution in [3.05, 3.63) is 65.2 Å². The van der Waals surface area contributed by atoms with Crippen LogP contribution in [0.4, 0.5) is 5.69 Å². The number of hydrogen-bond acceptors (Lipinski definition) is 1. The molecule has 1 nitrogen and oxygen atoms in total. The first-order valence-electron chi connectivity index (χ1n) is 7.47. The lowest BCUT2D eigenvalue weighted by Crippen LogP contribution is -2.07. The van der Waals surface area contributed by atoms with E-state index in [4.69, 9.17) is 0 Å². The maximum atomic E-state index is 3.59. The lowest BCUT2D eigenvalue weighted by atomic mass is 9.99. The van der Waals surface area contributed by atoms with Crippen molar-refractivity contribution < 1.29 is 0 Å². The number of nitrogens with one attached hydrogen (secondary N) is 1. The van der Waals surface area contributed by atoms with Crippen molar-refractivity contribution in [2.24, 2.45) is 5.92 Å². The van der Waals surface area contributed by atoms with Crippen molar-refractivity contribution in [1.82, 2.24) is 0 Å². The first-order valence-corrected chi connectivity index (χ1v) is 7.47. The Morgan fingerprint density at radius 1 is 0.900 bits per heavy atom. The highest BCUT2D eigenvalue weighted by Gasteiger charge is 2.07. The number of aryl methyl sites for hydroxylation is 1. The van der Waals surface area contributed by atoms with Crippen molar-refractivity contribution in [1.29, 1.82) is 0 Å². The highest BCUT2D eigenvalue weighted by molar-refractivity contribution is 5.51. The van der Waals surface area contributed by atoms with Gasteiger partial charge in [0.05, 0.1) is 0 Å². The quantitative estimate of drug-likeness (QED) is 0.768. The molecule has 0 amide bonds. The van der Waals surface area contributed by atoms with Crippen LogP contribution in [0.25, 0.3) is 0 Å². The Morgan fingerprint density at radius 2 is 1.55 bits per heavy atom. The molecule has 0 aliphatic heterocycles. The molecule has 0 radical (unpaired) electrons. The van der Waals surface area contributed by atoms with Crippen LogP contribution in [0.1, 0.15) is 43.5 Å². The number of anilines is 1. The summed E-state index contributed by atoms with van der Waals surface area (Å²) in [5, 5.41) is 3.59. The minimum absolute atomic E-state index is 0.323. The van der Waals surface area contributed by atoms with Crippen molar-refractivity contribution in [3.63, 3.8) is 0 Å².